The van der Waals surface area contributed by atoms with Gasteiger partial charge in [0.2, 0.25) is 10.0 Å². The van der Waals surface area contributed by atoms with Gasteiger partial charge in [-0.1, -0.05) is 0 Å². The van der Waals surface area contributed by atoms with Gasteiger partial charge in [-0.3, -0.25) is 0 Å². The van der Waals surface area contributed by atoms with E-state index in [1.807, 2.05) is 0 Å². The van der Waals surface area contributed by atoms with E-state index in [0.717, 1.165) is 0 Å². The first-order valence-electron chi connectivity index (χ1n) is 5.96. The fourth-order valence-electron chi connectivity index (χ4n) is 1.68. The van der Waals surface area contributed by atoms with E-state index in [4.69, 9.17) is 10.2 Å². The maximum Gasteiger partial charge on any atom is 0.342 e. The van der Waals surface area contributed by atoms with Gasteiger partial charge in [0.05, 0.1) is 7.11 Å². The number of ether oxygens (including phenoxy) is 1. The molecule has 0 aliphatic rings. The maximum atomic E-state index is 12.3. The molecular weight excluding hydrogens is 284 g/mol. The van der Waals surface area contributed by atoms with Crippen LogP contribution >= 0.6 is 0 Å². The molecule has 1 heterocycles. The molecule has 20 heavy (non-hydrogen) atoms. The molecule has 114 valence electrons. The van der Waals surface area contributed by atoms with Crippen LogP contribution in [0.2, 0.25) is 0 Å². The van der Waals surface area contributed by atoms with Gasteiger partial charge >= 0.3 is 5.97 Å². The summed E-state index contributed by atoms with van der Waals surface area (Å²) in [5.41, 5.74) is 4.94. The number of furan rings is 1. The average Bonchev–Trinajstić information content (AvgIpc) is 2.60. The minimum Gasteiger partial charge on any atom is -0.465 e. The highest BCUT2D eigenvalue weighted by atomic mass is 32.2. The number of carbonyl (C=O) groups is 1. The van der Waals surface area contributed by atoms with E-state index in [1.54, 1.807) is 13.8 Å². The van der Waals surface area contributed by atoms with Crippen molar-refractivity contribution in [2.75, 3.05) is 13.7 Å². The minimum atomic E-state index is -3.91. The van der Waals surface area contributed by atoms with Crippen LogP contribution in [0.5, 0.6) is 0 Å². The molecule has 1 aromatic rings. The van der Waals surface area contributed by atoms with E-state index >= 15 is 0 Å². The van der Waals surface area contributed by atoms with Gasteiger partial charge in [-0.05, 0) is 27.7 Å². The lowest BCUT2D eigenvalue weighted by Crippen LogP contribution is -2.45. The summed E-state index contributed by atoms with van der Waals surface area (Å²) < 4.78 is 36.8. The van der Waals surface area contributed by atoms with E-state index in [9.17, 15) is 13.2 Å². The Morgan fingerprint density at radius 1 is 1.35 bits per heavy atom. The number of esters is 1. The molecule has 0 bridgehead atoms. The van der Waals surface area contributed by atoms with Crippen molar-refractivity contribution in [1.29, 1.82) is 0 Å². The van der Waals surface area contributed by atoms with Gasteiger partial charge in [-0.2, -0.15) is 0 Å². The van der Waals surface area contributed by atoms with Crippen molar-refractivity contribution in [2.24, 2.45) is 5.73 Å². The molecule has 7 nitrogen and oxygen atoms in total. The molecular formula is C12H20N2O5S. The summed E-state index contributed by atoms with van der Waals surface area (Å²) in [5.74, 6) is -0.432. The van der Waals surface area contributed by atoms with Crippen LogP contribution < -0.4 is 10.5 Å². The second-order valence-corrected chi connectivity index (χ2v) is 6.93. The van der Waals surface area contributed by atoms with Gasteiger partial charge in [0, 0.05) is 12.1 Å². The molecule has 1 aromatic heterocycles. The van der Waals surface area contributed by atoms with E-state index < -0.39 is 21.5 Å². The molecule has 0 aliphatic carbocycles. The van der Waals surface area contributed by atoms with Crippen LogP contribution in [0.3, 0.4) is 0 Å². The van der Waals surface area contributed by atoms with Crippen LogP contribution in [0.4, 0.5) is 0 Å². The predicted octanol–water partition coefficient (Wildman–Crippen LogP) is 0.699. The highest BCUT2D eigenvalue weighted by Crippen LogP contribution is 2.27. The number of aryl methyl sites for hydroxylation is 2. The Morgan fingerprint density at radius 2 is 1.90 bits per heavy atom. The van der Waals surface area contributed by atoms with E-state index in [-0.39, 0.29) is 28.5 Å². The van der Waals surface area contributed by atoms with Crippen molar-refractivity contribution in [3.05, 3.63) is 17.1 Å². The maximum absolute atomic E-state index is 12.3. The lowest BCUT2D eigenvalue weighted by Gasteiger charge is -2.19. The number of nitrogens with two attached hydrogens (primary N) is 1. The summed E-state index contributed by atoms with van der Waals surface area (Å²) in [4.78, 5) is 11.5. The van der Waals surface area contributed by atoms with E-state index in [1.165, 1.54) is 21.0 Å². The van der Waals surface area contributed by atoms with Crippen LogP contribution in [-0.4, -0.2) is 33.6 Å². The van der Waals surface area contributed by atoms with Crippen LogP contribution in [0, 0.1) is 13.8 Å². The average molecular weight is 304 g/mol. The highest BCUT2D eigenvalue weighted by molar-refractivity contribution is 7.89. The molecule has 0 unspecified atom stereocenters. The third-order valence-electron chi connectivity index (χ3n) is 2.58. The molecule has 0 radical (unpaired) electrons. The van der Waals surface area contributed by atoms with Gasteiger partial charge in [-0.25, -0.2) is 17.9 Å². The van der Waals surface area contributed by atoms with Gasteiger partial charge in [0.15, 0.2) is 0 Å². The molecule has 0 aromatic carbocycles. The Labute approximate surface area is 118 Å². The van der Waals surface area contributed by atoms with Crippen molar-refractivity contribution < 1.29 is 22.4 Å². The Bertz CT molecular complexity index is 611. The number of rotatable bonds is 5. The van der Waals surface area contributed by atoms with E-state index in [2.05, 4.69) is 9.46 Å². The van der Waals surface area contributed by atoms with Gasteiger partial charge < -0.3 is 14.9 Å². The zero-order valence-corrected chi connectivity index (χ0v) is 13.1. The third-order valence-corrected chi connectivity index (χ3v) is 4.13. The molecule has 0 saturated carbocycles. The number of methoxy groups -OCH3 is 1. The van der Waals surface area contributed by atoms with Crippen molar-refractivity contribution in [3.8, 4) is 0 Å². The first-order chi connectivity index (χ1) is 8.99. The minimum absolute atomic E-state index is 0.0274. The van der Waals surface area contributed by atoms with Crippen LogP contribution in [0.25, 0.3) is 0 Å². The number of sulfonamides is 1. The largest absolute Gasteiger partial charge is 0.465 e. The van der Waals surface area contributed by atoms with Crippen molar-refractivity contribution in [2.45, 2.75) is 38.1 Å². The quantitative estimate of drug-likeness (QED) is 0.774. The summed E-state index contributed by atoms with van der Waals surface area (Å²) in [6, 6.07) is 0. The first kappa shape index (κ1) is 16.7. The van der Waals surface area contributed by atoms with E-state index in [0.29, 0.717) is 0 Å². The smallest absolute Gasteiger partial charge is 0.342 e. The van der Waals surface area contributed by atoms with Gasteiger partial charge in [-0.15, -0.1) is 0 Å². The van der Waals surface area contributed by atoms with Crippen molar-refractivity contribution in [1.82, 2.24) is 4.72 Å². The number of carbonyl (C=O) groups excluding carboxylic acids is 1. The molecule has 8 heteroatoms. The molecule has 0 spiro atoms. The molecule has 1 rings (SSSR count). The van der Waals surface area contributed by atoms with Gasteiger partial charge in [0.25, 0.3) is 0 Å². The summed E-state index contributed by atoms with van der Waals surface area (Å²) in [6.45, 7) is 6.38. The van der Waals surface area contributed by atoms with Crippen molar-refractivity contribution >= 4 is 16.0 Å². The molecule has 0 atom stereocenters. The summed E-state index contributed by atoms with van der Waals surface area (Å²) in [5, 5.41) is 0. The molecule has 3 N–H and O–H groups in total. The third kappa shape index (κ3) is 3.59. The molecule has 0 fully saturated rings. The summed E-state index contributed by atoms with van der Waals surface area (Å²) in [7, 11) is -2.74. The van der Waals surface area contributed by atoms with Crippen LogP contribution in [0.1, 0.15) is 35.7 Å². The first-order valence-corrected chi connectivity index (χ1v) is 7.45. The summed E-state index contributed by atoms with van der Waals surface area (Å²) in [6.07, 6.45) is 0. The number of hydrogen-bond acceptors (Lipinski definition) is 6. The second kappa shape index (κ2) is 5.55. The molecule has 0 saturated heterocycles. The standard InChI is InChI=1S/C12H20N2O5S/c1-7-9(11(15)18-5)10(8(2)19-7)20(16,17)14-6-12(3,4)13/h14H,6,13H2,1-5H3. The number of hydrogen-bond donors (Lipinski definition) is 2. The van der Waals surface area contributed by atoms with Gasteiger partial charge in [0.1, 0.15) is 22.0 Å². The Hall–Kier alpha value is -1.38. The lowest BCUT2D eigenvalue weighted by molar-refractivity contribution is 0.0595. The zero-order chi connectivity index (χ0) is 15.7. The molecule has 0 aliphatic heterocycles. The topological polar surface area (TPSA) is 112 Å². The SMILES string of the molecule is COC(=O)c1c(C)oc(C)c1S(=O)(=O)NCC(C)(C)N. The van der Waals surface area contributed by atoms with Crippen molar-refractivity contribution in [3.63, 3.8) is 0 Å². The number of nitrogens with one attached hydrogen (secondary N) is 1. The summed E-state index contributed by atoms with van der Waals surface area (Å²) >= 11 is 0. The fraction of sp³-hybridized carbons (Fsp3) is 0.583. The Morgan fingerprint density at radius 3 is 2.35 bits per heavy atom. The van der Waals surface area contributed by atoms with Crippen LogP contribution in [-0.2, 0) is 14.8 Å². The Balaban J connectivity index is 3.28. The normalized spacial score (nSPS) is 12.5. The highest BCUT2D eigenvalue weighted by Gasteiger charge is 2.32. The lowest BCUT2D eigenvalue weighted by atomic mass is 10.1. The second-order valence-electron chi connectivity index (χ2n) is 5.22. The van der Waals surface area contributed by atoms with Crippen LogP contribution in [0.15, 0.2) is 9.31 Å². The zero-order valence-electron chi connectivity index (χ0n) is 12.2. The molecule has 0 amide bonds. The monoisotopic (exact) mass is 304 g/mol. The Kier molecular flexibility index (Phi) is 4.62. The fourth-order valence-corrected chi connectivity index (χ4v) is 3.30. The predicted molar refractivity (Wildman–Crippen MR) is 73.0 cm³/mol.